The minimum atomic E-state index is -4.49. The second-order valence-electron chi connectivity index (χ2n) is 8.08. The van der Waals surface area contributed by atoms with E-state index in [0.29, 0.717) is 31.7 Å². The van der Waals surface area contributed by atoms with Gasteiger partial charge in [0.05, 0.1) is 23.0 Å². The molecule has 33 heavy (non-hydrogen) atoms. The van der Waals surface area contributed by atoms with Crippen LogP contribution in [0, 0.1) is 5.92 Å². The third-order valence-electron chi connectivity index (χ3n) is 5.87. The lowest BCUT2D eigenvalue weighted by molar-refractivity contribution is -0.137. The summed E-state index contributed by atoms with van der Waals surface area (Å²) in [6.07, 6.45) is 2.73. The van der Waals surface area contributed by atoms with Crippen molar-refractivity contribution < 1.29 is 18.0 Å². The van der Waals surface area contributed by atoms with Gasteiger partial charge in [0.1, 0.15) is 5.82 Å². The van der Waals surface area contributed by atoms with Crippen LogP contribution in [-0.4, -0.2) is 33.5 Å². The molecule has 0 aliphatic carbocycles. The molecule has 3 aromatic rings. The molecule has 0 unspecified atom stereocenters. The summed E-state index contributed by atoms with van der Waals surface area (Å²) >= 11 is 6.06. The molecule has 4 rings (SSSR count). The summed E-state index contributed by atoms with van der Waals surface area (Å²) in [5.41, 5.74) is 1.10. The average molecular weight is 478 g/mol. The molecule has 1 aliphatic heterocycles. The number of carbonyl (C=O) groups is 1. The molecule has 1 saturated heterocycles. The van der Waals surface area contributed by atoms with Gasteiger partial charge in [0.2, 0.25) is 5.91 Å². The number of nitrogens with zero attached hydrogens (tertiary/aromatic N) is 4. The number of imidazole rings is 1. The Morgan fingerprint density at radius 1 is 1.21 bits per heavy atom. The van der Waals surface area contributed by atoms with Gasteiger partial charge >= 0.3 is 6.18 Å². The molecule has 0 radical (unpaired) electrons. The molecule has 0 spiro atoms. The zero-order valence-electron chi connectivity index (χ0n) is 17.9. The fraction of sp³-hybridized carbons (Fsp3) is 0.348. The van der Waals surface area contributed by atoms with Crippen LogP contribution in [0.2, 0.25) is 5.02 Å². The first-order chi connectivity index (χ1) is 15.7. The number of carbonyl (C=O) groups excluding carboxylic acids is 1. The Balaban J connectivity index is 1.32. The van der Waals surface area contributed by atoms with Crippen molar-refractivity contribution in [2.75, 3.05) is 18.0 Å². The smallest absolute Gasteiger partial charge is 0.355 e. The van der Waals surface area contributed by atoms with Crippen molar-refractivity contribution in [3.8, 4) is 5.69 Å². The van der Waals surface area contributed by atoms with Gasteiger partial charge in [-0.05, 0) is 43.5 Å². The number of piperidine rings is 1. The van der Waals surface area contributed by atoms with Gasteiger partial charge in [0, 0.05) is 43.3 Å². The summed E-state index contributed by atoms with van der Waals surface area (Å²) < 4.78 is 40.4. The molecular weight excluding hydrogens is 455 g/mol. The monoisotopic (exact) mass is 477 g/mol. The molecule has 1 atom stereocenters. The largest absolute Gasteiger partial charge is 0.417 e. The molecule has 2 aromatic heterocycles. The predicted octanol–water partition coefficient (Wildman–Crippen LogP) is 5.03. The van der Waals surface area contributed by atoms with Crippen LogP contribution in [0.3, 0.4) is 0 Å². The number of rotatable bonds is 5. The summed E-state index contributed by atoms with van der Waals surface area (Å²) in [5.74, 6) is 0.101. The molecule has 174 valence electrons. The number of amides is 1. The van der Waals surface area contributed by atoms with Crippen LogP contribution in [0.4, 0.5) is 19.0 Å². The van der Waals surface area contributed by atoms with Crippen molar-refractivity contribution in [1.82, 2.24) is 19.9 Å². The van der Waals surface area contributed by atoms with E-state index in [2.05, 4.69) is 15.3 Å². The fourth-order valence-corrected chi connectivity index (χ4v) is 4.22. The number of alkyl halides is 3. The number of hydrogen-bond acceptors (Lipinski definition) is 4. The molecule has 1 aromatic carbocycles. The van der Waals surface area contributed by atoms with Crippen molar-refractivity contribution in [3.05, 3.63) is 71.4 Å². The predicted molar refractivity (Wildman–Crippen MR) is 119 cm³/mol. The molecule has 1 amide bonds. The maximum absolute atomic E-state index is 12.8. The third-order valence-corrected chi connectivity index (χ3v) is 6.15. The summed E-state index contributed by atoms with van der Waals surface area (Å²) in [6, 6.07) is 8.63. The van der Waals surface area contributed by atoms with Crippen molar-refractivity contribution in [2.24, 2.45) is 5.92 Å². The lowest BCUT2D eigenvalue weighted by atomic mass is 9.95. The van der Waals surface area contributed by atoms with E-state index in [1.54, 1.807) is 12.5 Å². The highest BCUT2D eigenvalue weighted by atomic mass is 35.5. The number of benzene rings is 1. The minimum Gasteiger partial charge on any atom is -0.355 e. The molecule has 0 bridgehead atoms. The van der Waals surface area contributed by atoms with Gasteiger partial charge in [-0.15, -0.1) is 0 Å². The van der Waals surface area contributed by atoms with Gasteiger partial charge in [-0.2, -0.15) is 13.2 Å². The molecule has 1 aliphatic rings. The maximum Gasteiger partial charge on any atom is 0.417 e. The van der Waals surface area contributed by atoms with E-state index >= 15 is 0 Å². The number of hydrogen-bond donors (Lipinski definition) is 1. The Hall–Kier alpha value is -3.07. The average Bonchev–Trinajstić information content (AvgIpc) is 3.33. The Bertz CT molecular complexity index is 1090. The maximum atomic E-state index is 12.8. The SMILES string of the molecule is C[C@H](NC(=O)C1CCN(c2ncc(C(F)(F)F)cc2Cl)CC1)c1ccc(-n2ccnc2)cc1. The third kappa shape index (κ3) is 5.30. The molecule has 3 heterocycles. The van der Waals surface area contributed by atoms with E-state index in [1.807, 2.05) is 46.9 Å². The standard InChI is InChI=1S/C23H23ClF3N5O/c1-15(16-2-4-19(5-3-16)32-11-8-28-14-32)30-22(33)17-6-9-31(10-7-17)21-20(24)12-18(13-29-21)23(25,26)27/h2-5,8,11-15,17H,6-7,9-10H2,1H3,(H,30,33)/t15-/m0/s1. The van der Waals surface area contributed by atoms with Crippen LogP contribution >= 0.6 is 11.6 Å². The first-order valence-electron chi connectivity index (χ1n) is 10.6. The second-order valence-corrected chi connectivity index (χ2v) is 8.49. The van der Waals surface area contributed by atoms with Gasteiger partial charge in [-0.3, -0.25) is 4.79 Å². The van der Waals surface area contributed by atoms with Crippen LogP contribution in [0.5, 0.6) is 0 Å². The van der Waals surface area contributed by atoms with E-state index in [-0.39, 0.29) is 22.9 Å². The van der Waals surface area contributed by atoms with Gasteiger partial charge in [-0.1, -0.05) is 23.7 Å². The first kappa shape index (κ1) is 23.1. The molecule has 0 saturated carbocycles. The first-order valence-corrected chi connectivity index (χ1v) is 11.0. The van der Waals surface area contributed by atoms with Crippen molar-refractivity contribution in [2.45, 2.75) is 32.0 Å². The Morgan fingerprint density at radius 3 is 2.48 bits per heavy atom. The highest BCUT2D eigenvalue weighted by molar-refractivity contribution is 6.33. The fourth-order valence-electron chi connectivity index (χ4n) is 3.93. The van der Waals surface area contributed by atoms with E-state index in [9.17, 15) is 18.0 Å². The molecule has 1 fully saturated rings. The van der Waals surface area contributed by atoms with Gasteiger partial charge in [0.25, 0.3) is 0 Å². The topological polar surface area (TPSA) is 63.1 Å². The number of aromatic nitrogens is 3. The van der Waals surface area contributed by atoms with E-state index in [0.717, 1.165) is 23.5 Å². The summed E-state index contributed by atoms with van der Waals surface area (Å²) in [5, 5.41) is 3.03. The number of anilines is 1. The lowest BCUT2D eigenvalue weighted by Crippen LogP contribution is -2.41. The Labute approximate surface area is 194 Å². The summed E-state index contributed by atoms with van der Waals surface area (Å²) in [6.45, 7) is 2.92. The van der Waals surface area contributed by atoms with Crippen LogP contribution in [0.25, 0.3) is 5.69 Å². The normalized spacial score (nSPS) is 16.0. The minimum absolute atomic E-state index is 0.0349. The van der Waals surface area contributed by atoms with E-state index in [1.165, 1.54) is 0 Å². The van der Waals surface area contributed by atoms with Crippen LogP contribution in [0.1, 0.15) is 36.9 Å². The zero-order valence-corrected chi connectivity index (χ0v) is 18.6. The lowest BCUT2D eigenvalue weighted by Gasteiger charge is -2.33. The quantitative estimate of drug-likeness (QED) is 0.559. The van der Waals surface area contributed by atoms with Crippen LogP contribution < -0.4 is 10.2 Å². The Kier molecular flexibility index (Phi) is 6.60. The molecular formula is C23H23ClF3N5O. The van der Waals surface area contributed by atoms with E-state index < -0.39 is 11.7 Å². The number of halogens is 4. The van der Waals surface area contributed by atoms with Crippen molar-refractivity contribution >= 4 is 23.3 Å². The van der Waals surface area contributed by atoms with Gasteiger partial charge in [0.15, 0.2) is 0 Å². The number of pyridine rings is 1. The van der Waals surface area contributed by atoms with Crippen LogP contribution in [0.15, 0.2) is 55.2 Å². The van der Waals surface area contributed by atoms with Crippen molar-refractivity contribution in [1.29, 1.82) is 0 Å². The van der Waals surface area contributed by atoms with E-state index in [4.69, 9.17) is 11.6 Å². The highest BCUT2D eigenvalue weighted by Crippen LogP contribution is 2.34. The zero-order chi connectivity index (χ0) is 23.6. The highest BCUT2D eigenvalue weighted by Gasteiger charge is 2.33. The van der Waals surface area contributed by atoms with Gasteiger partial charge < -0.3 is 14.8 Å². The van der Waals surface area contributed by atoms with Crippen molar-refractivity contribution in [3.63, 3.8) is 0 Å². The van der Waals surface area contributed by atoms with Gasteiger partial charge in [-0.25, -0.2) is 9.97 Å². The molecule has 1 N–H and O–H groups in total. The Morgan fingerprint density at radius 2 is 1.91 bits per heavy atom. The molecule has 6 nitrogen and oxygen atoms in total. The number of nitrogens with one attached hydrogen (secondary N) is 1. The summed E-state index contributed by atoms with van der Waals surface area (Å²) in [7, 11) is 0. The van der Waals surface area contributed by atoms with Crippen LogP contribution in [-0.2, 0) is 11.0 Å². The molecule has 10 heteroatoms. The summed E-state index contributed by atoms with van der Waals surface area (Å²) in [4.78, 5) is 22.6. The second kappa shape index (κ2) is 9.43.